The summed E-state index contributed by atoms with van der Waals surface area (Å²) in [6, 6.07) is 4.34. The molecule has 0 bridgehead atoms. The summed E-state index contributed by atoms with van der Waals surface area (Å²) in [4.78, 5) is 13.8. The van der Waals surface area contributed by atoms with Crippen LogP contribution in [0, 0.1) is 19.8 Å². The van der Waals surface area contributed by atoms with E-state index in [4.69, 9.17) is 4.52 Å². The van der Waals surface area contributed by atoms with Crippen molar-refractivity contribution >= 4 is 17.2 Å². The molecule has 1 amide bonds. The fraction of sp³-hybridized carbons (Fsp3) is 0.529. The number of hydrogen-bond donors (Lipinski definition) is 1. The first kappa shape index (κ1) is 15.3. The van der Waals surface area contributed by atoms with Crippen molar-refractivity contribution in [2.75, 3.05) is 0 Å². The first-order chi connectivity index (χ1) is 10.6. The van der Waals surface area contributed by atoms with Crippen LogP contribution < -0.4 is 5.32 Å². The summed E-state index contributed by atoms with van der Waals surface area (Å²) in [7, 11) is 0. The Kier molecular flexibility index (Phi) is 4.62. The predicted octanol–water partition coefficient (Wildman–Crippen LogP) is 3.94. The maximum absolute atomic E-state index is 12.5. The van der Waals surface area contributed by atoms with Crippen LogP contribution in [0.3, 0.4) is 0 Å². The minimum atomic E-state index is 0.0553. The van der Waals surface area contributed by atoms with Crippen molar-refractivity contribution in [3.63, 3.8) is 0 Å². The van der Waals surface area contributed by atoms with Gasteiger partial charge in [-0.05, 0) is 44.1 Å². The largest absolute Gasteiger partial charge is 0.361 e. The Hall–Kier alpha value is -1.62. The van der Waals surface area contributed by atoms with Gasteiger partial charge >= 0.3 is 0 Å². The number of hydrogen-bond acceptors (Lipinski definition) is 4. The molecule has 2 aromatic rings. The molecule has 0 radical (unpaired) electrons. The van der Waals surface area contributed by atoms with Crippen molar-refractivity contribution in [1.29, 1.82) is 0 Å². The third kappa shape index (κ3) is 3.24. The van der Waals surface area contributed by atoms with Crippen molar-refractivity contribution in [3.8, 4) is 0 Å². The third-order valence-corrected chi connectivity index (χ3v) is 5.51. The van der Waals surface area contributed by atoms with Crippen LogP contribution in [0.4, 0.5) is 0 Å². The summed E-state index contributed by atoms with van der Waals surface area (Å²) in [5.74, 6) is 1.35. The first-order valence-electron chi connectivity index (χ1n) is 7.89. The molecular formula is C17H22N2O2S. The van der Waals surface area contributed by atoms with Gasteiger partial charge < -0.3 is 9.84 Å². The van der Waals surface area contributed by atoms with Crippen molar-refractivity contribution in [2.45, 2.75) is 52.0 Å². The van der Waals surface area contributed by atoms with E-state index in [1.165, 1.54) is 30.6 Å². The van der Waals surface area contributed by atoms with Gasteiger partial charge in [-0.2, -0.15) is 0 Å². The Morgan fingerprint density at radius 3 is 2.82 bits per heavy atom. The maximum Gasteiger partial charge on any atom is 0.225 e. The average molecular weight is 318 g/mol. The number of nitrogens with zero attached hydrogens (tertiary/aromatic N) is 1. The molecule has 0 aliphatic heterocycles. The molecule has 1 aliphatic rings. The zero-order valence-electron chi connectivity index (χ0n) is 13.1. The molecule has 0 unspecified atom stereocenters. The molecule has 1 atom stereocenters. The van der Waals surface area contributed by atoms with Crippen molar-refractivity contribution < 1.29 is 9.32 Å². The molecule has 0 spiro atoms. The molecule has 2 aromatic heterocycles. The van der Waals surface area contributed by atoms with Gasteiger partial charge in [0.15, 0.2) is 0 Å². The lowest BCUT2D eigenvalue weighted by molar-refractivity contribution is -0.121. The zero-order valence-corrected chi connectivity index (χ0v) is 13.9. The van der Waals surface area contributed by atoms with Crippen LogP contribution in [0.25, 0.3) is 0 Å². The van der Waals surface area contributed by atoms with E-state index in [0.29, 0.717) is 12.3 Å². The SMILES string of the molecule is Cc1noc(C)c1CC(=O)N[C@H](c1cccs1)C1CCCC1. The Balaban J connectivity index is 1.71. The van der Waals surface area contributed by atoms with E-state index in [0.717, 1.165) is 17.0 Å². The van der Waals surface area contributed by atoms with Crippen LogP contribution in [-0.2, 0) is 11.2 Å². The van der Waals surface area contributed by atoms with E-state index in [2.05, 4.69) is 28.0 Å². The van der Waals surface area contributed by atoms with Crippen LogP contribution in [0.1, 0.15) is 53.6 Å². The lowest BCUT2D eigenvalue weighted by Gasteiger charge is -2.23. The monoisotopic (exact) mass is 318 g/mol. The van der Waals surface area contributed by atoms with Crippen molar-refractivity contribution in [1.82, 2.24) is 10.5 Å². The molecule has 0 saturated heterocycles. The lowest BCUT2D eigenvalue weighted by atomic mass is 9.96. The molecule has 4 nitrogen and oxygen atoms in total. The maximum atomic E-state index is 12.5. The standard InChI is InChI=1S/C17H22N2O2S/c1-11-14(12(2)21-19-11)10-16(20)18-17(13-6-3-4-7-13)15-8-5-9-22-15/h5,8-9,13,17H,3-4,6-7,10H2,1-2H3,(H,18,20)/t17-/m0/s1. The lowest BCUT2D eigenvalue weighted by Crippen LogP contribution is -2.33. The third-order valence-electron chi connectivity index (χ3n) is 4.56. The molecule has 22 heavy (non-hydrogen) atoms. The number of aromatic nitrogens is 1. The summed E-state index contributed by atoms with van der Waals surface area (Å²) in [5.41, 5.74) is 1.72. The van der Waals surface area contributed by atoms with Gasteiger partial charge in [-0.1, -0.05) is 24.1 Å². The van der Waals surface area contributed by atoms with E-state index in [1.807, 2.05) is 13.8 Å². The second-order valence-electron chi connectivity index (χ2n) is 6.08. The van der Waals surface area contributed by atoms with Crippen LogP contribution >= 0.6 is 11.3 Å². The smallest absolute Gasteiger partial charge is 0.225 e. The van der Waals surface area contributed by atoms with Gasteiger partial charge in [0.25, 0.3) is 0 Å². The topological polar surface area (TPSA) is 55.1 Å². The molecule has 1 fully saturated rings. The van der Waals surface area contributed by atoms with Crippen molar-refractivity contribution in [2.24, 2.45) is 5.92 Å². The van der Waals surface area contributed by atoms with Crippen LogP contribution in [-0.4, -0.2) is 11.1 Å². The minimum absolute atomic E-state index is 0.0553. The second-order valence-corrected chi connectivity index (χ2v) is 7.06. The van der Waals surface area contributed by atoms with Crippen LogP contribution in [0.2, 0.25) is 0 Å². The quantitative estimate of drug-likeness (QED) is 0.908. The highest BCUT2D eigenvalue weighted by Crippen LogP contribution is 2.37. The Morgan fingerprint density at radius 2 is 2.23 bits per heavy atom. The summed E-state index contributed by atoms with van der Waals surface area (Å²) in [6.07, 6.45) is 5.29. The van der Waals surface area contributed by atoms with Crippen LogP contribution in [0.15, 0.2) is 22.0 Å². The van der Waals surface area contributed by atoms with Gasteiger partial charge in [0.2, 0.25) is 5.91 Å². The highest BCUT2D eigenvalue weighted by atomic mass is 32.1. The minimum Gasteiger partial charge on any atom is -0.361 e. The van der Waals surface area contributed by atoms with Crippen LogP contribution in [0.5, 0.6) is 0 Å². The number of aryl methyl sites for hydroxylation is 2. The number of amides is 1. The summed E-state index contributed by atoms with van der Waals surface area (Å²) < 4.78 is 5.15. The van der Waals surface area contributed by atoms with Gasteiger partial charge in [-0.25, -0.2) is 0 Å². The number of thiophene rings is 1. The molecule has 0 aromatic carbocycles. The van der Waals surface area contributed by atoms with Gasteiger partial charge in [-0.3, -0.25) is 4.79 Å². The summed E-state index contributed by atoms with van der Waals surface area (Å²) in [5, 5.41) is 9.26. The number of rotatable bonds is 5. The van der Waals surface area contributed by atoms with Gasteiger partial charge in [0, 0.05) is 10.4 Å². The molecule has 1 aliphatic carbocycles. The second kappa shape index (κ2) is 6.65. The number of nitrogens with one attached hydrogen (secondary N) is 1. The zero-order chi connectivity index (χ0) is 15.5. The fourth-order valence-electron chi connectivity index (χ4n) is 3.32. The molecule has 3 rings (SSSR count). The van der Waals surface area contributed by atoms with E-state index < -0.39 is 0 Å². The Bertz CT molecular complexity index is 608. The van der Waals surface area contributed by atoms with Crippen molar-refractivity contribution in [3.05, 3.63) is 39.4 Å². The predicted molar refractivity (Wildman–Crippen MR) is 86.8 cm³/mol. The van der Waals surface area contributed by atoms with E-state index >= 15 is 0 Å². The molecule has 5 heteroatoms. The number of carbonyl (C=O) groups is 1. The van der Waals surface area contributed by atoms with Gasteiger partial charge in [0.05, 0.1) is 18.2 Å². The molecule has 118 valence electrons. The molecule has 2 heterocycles. The normalized spacial score (nSPS) is 16.8. The Morgan fingerprint density at radius 1 is 1.45 bits per heavy atom. The molecule has 1 N–H and O–H groups in total. The molecule has 1 saturated carbocycles. The van der Waals surface area contributed by atoms with Gasteiger partial charge in [0.1, 0.15) is 5.76 Å². The highest BCUT2D eigenvalue weighted by molar-refractivity contribution is 7.10. The van der Waals surface area contributed by atoms with E-state index in [1.54, 1.807) is 11.3 Å². The summed E-state index contributed by atoms with van der Waals surface area (Å²) >= 11 is 1.73. The fourth-order valence-corrected chi connectivity index (χ4v) is 4.19. The van der Waals surface area contributed by atoms with E-state index in [-0.39, 0.29) is 11.9 Å². The highest BCUT2D eigenvalue weighted by Gasteiger charge is 2.28. The molecular weight excluding hydrogens is 296 g/mol. The summed E-state index contributed by atoms with van der Waals surface area (Å²) in [6.45, 7) is 3.74. The first-order valence-corrected chi connectivity index (χ1v) is 8.77. The Labute approximate surface area is 134 Å². The number of carbonyl (C=O) groups excluding carboxylic acids is 1. The van der Waals surface area contributed by atoms with Gasteiger partial charge in [-0.15, -0.1) is 11.3 Å². The average Bonchev–Trinajstić information content (AvgIpc) is 3.23. The van der Waals surface area contributed by atoms with E-state index in [9.17, 15) is 4.79 Å².